The zero-order chi connectivity index (χ0) is 11.8. The Bertz CT molecular complexity index is 464. The van der Waals surface area contributed by atoms with Gasteiger partial charge in [-0.2, -0.15) is 4.39 Å². The SMILES string of the molecule is Cc1cc(S(N)(=O)=O)nc(F)c1C(F)F. The van der Waals surface area contributed by atoms with E-state index in [0.29, 0.717) is 0 Å². The zero-order valence-corrected chi connectivity index (χ0v) is 8.35. The van der Waals surface area contributed by atoms with Gasteiger partial charge in [0.1, 0.15) is 0 Å². The lowest BCUT2D eigenvalue weighted by Gasteiger charge is -2.06. The summed E-state index contributed by atoms with van der Waals surface area (Å²) in [6, 6.07) is 0.805. The van der Waals surface area contributed by atoms with Crippen molar-refractivity contribution in [1.82, 2.24) is 4.98 Å². The van der Waals surface area contributed by atoms with Crippen molar-refractivity contribution in [2.45, 2.75) is 18.4 Å². The number of aromatic nitrogens is 1. The van der Waals surface area contributed by atoms with E-state index in [9.17, 15) is 21.6 Å². The number of rotatable bonds is 2. The molecule has 0 aromatic carbocycles. The summed E-state index contributed by atoms with van der Waals surface area (Å²) in [7, 11) is -4.19. The smallest absolute Gasteiger partial charge is 0.223 e. The number of pyridine rings is 1. The van der Waals surface area contributed by atoms with Gasteiger partial charge in [0.15, 0.2) is 5.03 Å². The summed E-state index contributed by atoms with van der Waals surface area (Å²) in [5.74, 6) is -1.52. The van der Waals surface area contributed by atoms with Crippen LogP contribution in [0.2, 0.25) is 0 Å². The molecule has 0 atom stereocenters. The summed E-state index contributed by atoms with van der Waals surface area (Å²) in [6.07, 6.45) is -3.05. The van der Waals surface area contributed by atoms with E-state index in [1.165, 1.54) is 0 Å². The summed E-state index contributed by atoms with van der Waals surface area (Å²) in [5, 5.41) is 3.91. The first-order chi connectivity index (χ1) is 6.73. The van der Waals surface area contributed by atoms with Crippen molar-refractivity contribution >= 4 is 10.0 Å². The van der Waals surface area contributed by atoms with Crippen LogP contribution in [0.15, 0.2) is 11.1 Å². The van der Waals surface area contributed by atoms with E-state index in [4.69, 9.17) is 0 Å². The molecule has 0 bridgehead atoms. The quantitative estimate of drug-likeness (QED) is 0.787. The fourth-order valence-corrected chi connectivity index (χ4v) is 1.57. The number of hydrogen-bond donors (Lipinski definition) is 1. The lowest BCUT2D eigenvalue weighted by Crippen LogP contribution is -2.16. The van der Waals surface area contributed by atoms with Gasteiger partial charge in [0.05, 0.1) is 5.56 Å². The van der Waals surface area contributed by atoms with Gasteiger partial charge in [0.2, 0.25) is 5.95 Å². The first-order valence-corrected chi connectivity index (χ1v) is 5.26. The Balaban J connectivity index is 3.45. The number of alkyl halides is 2. The highest BCUT2D eigenvalue weighted by Crippen LogP contribution is 2.25. The number of nitrogens with two attached hydrogens (primary N) is 1. The molecular weight excluding hydrogens is 233 g/mol. The average molecular weight is 240 g/mol. The van der Waals surface area contributed by atoms with Crippen LogP contribution < -0.4 is 5.14 Å². The van der Waals surface area contributed by atoms with Gasteiger partial charge >= 0.3 is 0 Å². The van der Waals surface area contributed by atoms with Gasteiger partial charge in [-0.3, -0.25) is 0 Å². The molecule has 0 saturated heterocycles. The Morgan fingerprint density at radius 2 is 2.00 bits per heavy atom. The Kier molecular flexibility index (Phi) is 3.00. The normalized spacial score (nSPS) is 12.1. The summed E-state index contributed by atoms with van der Waals surface area (Å²) in [4.78, 5) is 2.87. The van der Waals surface area contributed by atoms with E-state index in [-0.39, 0.29) is 5.56 Å². The average Bonchev–Trinajstić information content (AvgIpc) is 1.99. The topological polar surface area (TPSA) is 73.1 Å². The molecule has 84 valence electrons. The van der Waals surface area contributed by atoms with Gasteiger partial charge in [-0.1, -0.05) is 0 Å². The van der Waals surface area contributed by atoms with Crippen LogP contribution in [0.25, 0.3) is 0 Å². The van der Waals surface area contributed by atoms with Gasteiger partial charge < -0.3 is 0 Å². The lowest BCUT2D eigenvalue weighted by molar-refractivity contribution is 0.144. The third-order valence-electron chi connectivity index (χ3n) is 1.71. The molecule has 1 aromatic heterocycles. The summed E-state index contributed by atoms with van der Waals surface area (Å²) in [5.41, 5.74) is -1.12. The summed E-state index contributed by atoms with van der Waals surface area (Å²) in [6.45, 7) is 1.15. The van der Waals surface area contributed by atoms with E-state index in [1.54, 1.807) is 0 Å². The highest BCUT2D eigenvalue weighted by Gasteiger charge is 2.21. The predicted octanol–water partition coefficient (Wildman–Crippen LogP) is 1.11. The maximum absolute atomic E-state index is 13.0. The maximum Gasteiger partial charge on any atom is 0.268 e. The second-order valence-corrected chi connectivity index (χ2v) is 4.34. The minimum absolute atomic E-state index is 0.207. The van der Waals surface area contributed by atoms with Crippen molar-refractivity contribution in [2.24, 2.45) is 5.14 Å². The van der Waals surface area contributed by atoms with Gasteiger partial charge in [-0.25, -0.2) is 27.3 Å². The van der Waals surface area contributed by atoms with Crippen LogP contribution in [0.4, 0.5) is 13.2 Å². The molecule has 15 heavy (non-hydrogen) atoms. The van der Waals surface area contributed by atoms with Gasteiger partial charge in [0.25, 0.3) is 16.4 Å². The van der Waals surface area contributed by atoms with E-state index in [2.05, 4.69) is 10.1 Å². The molecular formula is C7H7F3N2O2S. The molecule has 0 aliphatic heterocycles. The zero-order valence-electron chi connectivity index (χ0n) is 7.54. The number of halogens is 3. The third-order valence-corrected chi connectivity index (χ3v) is 2.50. The molecule has 0 amide bonds. The van der Waals surface area contributed by atoms with E-state index in [1.807, 2.05) is 0 Å². The molecule has 1 rings (SSSR count). The molecule has 2 N–H and O–H groups in total. The van der Waals surface area contributed by atoms with Gasteiger partial charge in [0, 0.05) is 0 Å². The maximum atomic E-state index is 13.0. The van der Waals surface area contributed by atoms with Crippen molar-refractivity contribution in [3.63, 3.8) is 0 Å². The van der Waals surface area contributed by atoms with Crippen LogP contribution in [-0.2, 0) is 10.0 Å². The second kappa shape index (κ2) is 3.78. The van der Waals surface area contributed by atoms with Crippen LogP contribution in [0, 0.1) is 12.9 Å². The minimum atomic E-state index is -4.19. The Morgan fingerprint density at radius 1 is 1.47 bits per heavy atom. The van der Waals surface area contributed by atoms with Crippen LogP contribution in [0.1, 0.15) is 17.6 Å². The Morgan fingerprint density at radius 3 is 2.33 bits per heavy atom. The highest BCUT2D eigenvalue weighted by atomic mass is 32.2. The van der Waals surface area contributed by atoms with E-state index >= 15 is 0 Å². The van der Waals surface area contributed by atoms with E-state index in [0.717, 1.165) is 13.0 Å². The first kappa shape index (κ1) is 11.9. The summed E-state index contributed by atoms with van der Waals surface area (Å²) >= 11 is 0. The molecule has 8 heteroatoms. The van der Waals surface area contributed by atoms with Crippen molar-refractivity contribution in [1.29, 1.82) is 0 Å². The van der Waals surface area contributed by atoms with Crippen LogP contribution in [0.5, 0.6) is 0 Å². The molecule has 0 aliphatic carbocycles. The molecule has 0 saturated carbocycles. The van der Waals surface area contributed by atoms with Gasteiger partial charge in [-0.15, -0.1) is 0 Å². The molecule has 0 unspecified atom stereocenters. The largest absolute Gasteiger partial charge is 0.268 e. The van der Waals surface area contributed by atoms with E-state index < -0.39 is 33.0 Å². The van der Waals surface area contributed by atoms with Crippen molar-refractivity contribution in [3.05, 3.63) is 23.1 Å². The van der Waals surface area contributed by atoms with Gasteiger partial charge in [-0.05, 0) is 18.6 Å². The monoisotopic (exact) mass is 240 g/mol. The van der Waals surface area contributed by atoms with Crippen LogP contribution in [0.3, 0.4) is 0 Å². The molecule has 1 heterocycles. The highest BCUT2D eigenvalue weighted by molar-refractivity contribution is 7.89. The molecule has 1 aromatic rings. The number of hydrogen-bond acceptors (Lipinski definition) is 3. The minimum Gasteiger partial charge on any atom is -0.223 e. The van der Waals surface area contributed by atoms with Crippen molar-refractivity contribution in [3.8, 4) is 0 Å². The lowest BCUT2D eigenvalue weighted by atomic mass is 10.2. The molecule has 0 radical (unpaired) electrons. The predicted molar refractivity (Wildman–Crippen MR) is 45.3 cm³/mol. The number of nitrogens with zero attached hydrogens (tertiary/aromatic N) is 1. The number of sulfonamides is 1. The Hall–Kier alpha value is -1.15. The third kappa shape index (κ3) is 2.45. The number of primary sulfonamides is 1. The Labute approximate surface area is 84.0 Å². The van der Waals surface area contributed by atoms with Crippen molar-refractivity contribution < 1.29 is 21.6 Å². The second-order valence-electron chi connectivity index (χ2n) is 2.83. The fourth-order valence-electron chi connectivity index (χ4n) is 1.02. The molecule has 4 nitrogen and oxygen atoms in total. The summed E-state index contributed by atoms with van der Waals surface area (Å²) < 4.78 is 59.1. The molecule has 0 spiro atoms. The first-order valence-electron chi connectivity index (χ1n) is 3.71. The molecule has 0 fully saturated rings. The van der Waals surface area contributed by atoms with Crippen LogP contribution in [-0.4, -0.2) is 13.4 Å². The molecule has 0 aliphatic rings. The fraction of sp³-hybridized carbons (Fsp3) is 0.286. The number of aryl methyl sites for hydroxylation is 1. The van der Waals surface area contributed by atoms with Crippen molar-refractivity contribution in [2.75, 3.05) is 0 Å². The standard InChI is InChI=1S/C7H7F3N2O2S/c1-3-2-4(15(11,13)14)12-7(10)5(3)6(8)9/h2,6H,1H3,(H2,11,13,14). The van der Waals surface area contributed by atoms with Crippen LogP contribution >= 0.6 is 0 Å².